The summed E-state index contributed by atoms with van der Waals surface area (Å²) < 4.78 is 1.08. The van der Waals surface area contributed by atoms with E-state index in [1.807, 2.05) is 23.1 Å². The van der Waals surface area contributed by atoms with E-state index in [0.717, 1.165) is 23.7 Å². The van der Waals surface area contributed by atoms with Crippen LogP contribution >= 0.6 is 15.9 Å². The van der Waals surface area contributed by atoms with Crippen molar-refractivity contribution in [3.05, 3.63) is 34.3 Å². The number of rotatable bonds is 7. The van der Waals surface area contributed by atoms with Crippen molar-refractivity contribution in [2.75, 3.05) is 6.54 Å². The van der Waals surface area contributed by atoms with Crippen molar-refractivity contribution in [2.24, 2.45) is 0 Å². The van der Waals surface area contributed by atoms with E-state index in [0.29, 0.717) is 25.2 Å². The van der Waals surface area contributed by atoms with Gasteiger partial charge in [0, 0.05) is 23.1 Å². The summed E-state index contributed by atoms with van der Waals surface area (Å²) in [6.07, 6.45) is 3.32. The summed E-state index contributed by atoms with van der Waals surface area (Å²) in [6.45, 7) is 5.38. The van der Waals surface area contributed by atoms with Gasteiger partial charge in [-0.2, -0.15) is 0 Å². The van der Waals surface area contributed by atoms with Gasteiger partial charge in [0.2, 0.25) is 5.91 Å². The summed E-state index contributed by atoms with van der Waals surface area (Å²) in [6, 6.07) is 8.96. The van der Waals surface area contributed by atoms with Crippen molar-refractivity contribution < 1.29 is 4.79 Å². The molecule has 1 amide bonds. The van der Waals surface area contributed by atoms with Crippen LogP contribution in [0.5, 0.6) is 0 Å². The third-order valence-electron chi connectivity index (χ3n) is 3.82. The van der Waals surface area contributed by atoms with Crippen LogP contribution < -0.4 is 5.32 Å². The fraction of sp³-hybridized carbons (Fsp3) is 0.562. The Balaban J connectivity index is 1.97. The molecule has 3 nitrogen and oxygen atoms in total. The van der Waals surface area contributed by atoms with Crippen molar-refractivity contribution in [1.82, 2.24) is 10.2 Å². The van der Waals surface area contributed by atoms with Crippen LogP contribution in [0.25, 0.3) is 0 Å². The Labute approximate surface area is 129 Å². The maximum Gasteiger partial charge on any atom is 0.237 e. The average Bonchev–Trinajstić information content (AvgIpc) is 3.28. The van der Waals surface area contributed by atoms with Crippen molar-refractivity contribution >= 4 is 21.8 Å². The van der Waals surface area contributed by atoms with Crippen LogP contribution in [0.3, 0.4) is 0 Å². The second kappa shape index (κ2) is 7.23. The highest BCUT2D eigenvalue weighted by Gasteiger charge is 2.32. The van der Waals surface area contributed by atoms with Gasteiger partial charge >= 0.3 is 0 Å². The highest BCUT2D eigenvalue weighted by atomic mass is 79.9. The third-order valence-corrected chi connectivity index (χ3v) is 4.59. The molecule has 0 radical (unpaired) electrons. The molecule has 110 valence electrons. The molecule has 0 spiro atoms. The number of nitrogens with one attached hydrogen (secondary N) is 1. The van der Waals surface area contributed by atoms with Crippen LogP contribution in [0.15, 0.2) is 28.7 Å². The molecule has 1 N–H and O–H groups in total. The molecule has 1 aliphatic carbocycles. The molecule has 2 rings (SSSR count). The van der Waals surface area contributed by atoms with E-state index < -0.39 is 0 Å². The molecule has 0 saturated heterocycles. The third kappa shape index (κ3) is 4.32. The minimum absolute atomic E-state index is 0.212. The summed E-state index contributed by atoms with van der Waals surface area (Å²) in [5, 5.41) is 3.29. The molecule has 1 fully saturated rings. The first kappa shape index (κ1) is 15.5. The number of hydrogen-bond donors (Lipinski definition) is 1. The van der Waals surface area contributed by atoms with Gasteiger partial charge in [0.05, 0.1) is 6.54 Å². The van der Waals surface area contributed by atoms with Crippen LogP contribution in [0.4, 0.5) is 0 Å². The highest BCUT2D eigenvalue weighted by Crippen LogP contribution is 2.29. The Hall–Kier alpha value is -0.870. The number of benzene rings is 1. The van der Waals surface area contributed by atoms with Crippen molar-refractivity contribution in [1.29, 1.82) is 0 Å². The highest BCUT2D eigenvalue weighted by molar-refractivity contribution is 9.10. The van der Waals surface area contributed by atoms with E-state index in [9.17, 15) is 4.79 Å². The van der Waals surface area contributed by atoms with Gasteiger partial charge in [-0.25, -0.2) is 0 Å². The molecule has 0 heterocycles. The molecule has 4 heteroatoms. The summed E-state index contributed by atoms with van der Waals surface area (Å²) in [4.78, 5) is 14.4. The van der Waals surface area contributed by atoms with E-state index in [1.54, 1.807) is 0 Å². The molecule has 0 aromatic heterocycles. The molecule has 1 atom stereocenters. The Morgan fingerprint density at radius 1 is 1.45 bits per heavy atom. The first-order valence-corrected chi connectivity index (χ1v) is 8.17. The first-order chi connectivity index (χ1) is 9.61. The predicted octanol–water partition coefficient (Wildman–Crippen LogP) is 3.33. The molecule has 0 bridgehead atoms. The molecular formula is C16H23BrN2O. The number of carbonyl (C=O) groups is 1. The fourth-order valence-corrected chi connectivity index (χ4v) is 2.53. The summed E-state index contributed by atoms with van der Waals surface area (Å²) in [7, 11) is 0. The molecule has 1 aromatic rings. The lowest BCUT2D eigenvalue weighted by atomic mass is 10.2. The maximum atomic E-state index is 12.4. The van der Waals surface area contributed by atoms with Gasteiger partial charge in [0.15, 0.2) is 0 Å². The number of carbonyl (C=O) groups excluding carboxylic acids is 1. The summed E-state index contributed by atoms with van der Waals surface area (Å²) in [5.74, 6) is 0.212. The molecule has 20 heavy (non-hydrogen) atoms. The molecular weight excluding hydrogens is 316 g/mol. The Kier molecular flexibility index (Phi) is 5.61. The first-order valence-electron chi connectivity index (χ1n) is 7.38. The fourth-order valence-electron chi connectivity index (χ4n) is 2.12. The summed E-state index contributed by atoms with van der Waals surface area (Å²) in [5.41, 5.74) is 1.18. The minimum atomic E-state index is 0.212. The lowest BCUT2D eigenvalue weighted by Gasteiger charge is -2.24. The van der Waals surface area contributed by atoms with Gasteiger partial charge in [-0.1, -0.05) is 41.1 Å². The number of halogens is 1. The minimum Gasteiger partial charge on any atom is -0.334 e. The largest absolute Gasteiger partial charge is 0.334 e. The van der Waals surface area contributed by atoms with Crippen LogP contribution in [-0.2, 0) is 11.3 Å². The number of amides is 1. The van der Waals surface area contributed by atoms with Gasteiger partial charge in [0.25, 0.3) is 0 Å². The lowest BCUT2D eigenvalue weighted by Crippen LogP contribution is -2.41. The number of hydrogen-bond acceptors (Lipinski definition) is 2. The topological polar surface area (TPSA) is 32.3 Å². The number of nitrogens with zero attached hydrogens (tertiary/aromatic N) is 1. The van der Waals surface area contributed by atoms with Gasteiger partial charge in [-0.05, 0) is 37.8 Å². The molecule has 1 aromatic carbocycles. The molecule has 1 saturated carbocycles. The van der Waals surface area contributed by atoms with E-state index in [2.05, 4.69) is 41.2 Å². The summed E-state index contributed by atoms with van der Waals surface area (Å²) >= 11 is 3.56. The zero-order chi connectivity index (χ0) is 14.5. The zero-order valence-electron chi connectivity index (χ0n) is 12.2. The zero-order valence-corrected chi connectivity index (χ0v) is 13.8. The van der Waals surface area contributed by atoms with E-state index in [1.165, 1.54) is 5.56 Å². The monoisotopic (exact) mass is 338 g/mol. The molecule has 1 unspecified atom stereocenters. The molecule has 1 aliphatic rings. The average molecular weight is 339 g/mol. The quantitative estimate of drug-likeness (QED) is 0.826. The second-order valence-electron chi connectivity index (χ2n) is 5.53. The van der Waals surface area contributed by atoms with Gasteiger partial charge in [-0.15, -0.1) is 0 Å². The smallest absolute Gasteiger partial charge is 0.237 e. The predicted molar refractivity (Wildman–Crippen MR) is 85.5 cm³/mol. The standard InChI is InChI=1S/C16H23BrN2O/c1-3-12(2)18-10-16(20)19(14-8-9-14)11-13-6-4-5-7-15(13)17/h4-7,12,14,18H,3,8-11H2,1-2H3. The van der Waals surface area contributed by atoms with Crippen molar-refractivity contribution in [3.8, 4) is 0 Å². The molecule has 0 aliphatic heterocycles. The lowest BCUT2D eigenvalue weighted by molar-refractivity contribution is -0.131. The van der Waals surface area contributed by atoms with E-state index in [-0.39, 0.29) is 5.91 Å². The Morgan fingerprint density at radius 3 is 2.75 bits per heavy atom. The SMILES string of the molecule is CCC(C)NCC(=O)N(Cc1ccccc1Br)C1CC1. The Morgan fingerprint density at radius 2 is 2.15 bits per heavy atom. The normalized spacial score (nSPS) is 15.9. The Bertz CT molecular complexity index is 460. The van der Waals surface area contributed by atoms with Gasteiger partial charge < -0.3 is 10.2 Å². The second-order valence-corrected chi connectivity index (χ2v) is 6.39. The van der Waals surface area contributed by atoms with E-state index >= 15 is 0 Å². The van der Waals surface area contributed by atoms with Crippen LogP contribution in [0.2, 0.25) is 0 Å². The van der Waals surface area contributed by atoms with Gasteiger partial charge in [-0.3, -0.25) is 4.79 Å². The maximum absolute atomic E-state index is 12.4. The van der Waals surface area contributed by atoms with Crippen LogP contribution in [0, 0.1) is 0 Å². The van der Waals surface area contributed by atoms with Crippen LogP contribution in [0.1, 0.15) is 38.7 Å². The van der Waals surface area contributed by atoms with Crippen LogP contribution in [-0.4, -0.2) is 29.4 Å². The van der Waals surface area contributed by atoms with Crippen molar-refractivity contribution in [2.45, 2.75) is 51.7 Å². The van der Waals surface area contributed by atoms with Gasteiger partial charge in [0.1, 0.15) is 0 Å². The van der Waals surface area contributed by atoms with Crippen molar-refractivity contribution in [3.63, 3.8) is 0 Å². The van der Waals surface area contributed by atoms with E-state index in [4.69, 9.17) is 0 Å².